The number of nitrogens with zero attached hydrogens (tertiary/aromatic N) is 2. The van der Waals surface area contributed by atoms with E-state index >= 15 is 0 Å². The van der Waals surface area contributed by atoms with Gasteiger partial charge in [0.2, 0.25) is 0 Å². The fourth-order valence-corrected chi connectivity index (χ4v) is 4.82. The molecule has 2 heterocycles. The molecule has 1 aromatic heterocycles. The molecule has 0 aliphatic carbocycles. The summed E-state index contributed by atoms with van der Waals surface area (Å²) in [7, 11) is 0.103. The molecule has 0 saturated carbocycles. The smallest absolute Gasteiger partial charge is 0.262 e. The first-order valence-electron chi connectivity index (χ1n) is 9.26. The Kier molecular flexibility index (Phi) is 4.76. The molecule has 0 bridgehead atoms. The van der Waals surface area contributed by atoms with E-state index in [1.807, 2.05) is 44.1 Å². The van der Waals surface area contributed by atoms with Gasteiger partial charge in [0.05, 0.1) is 16.1 Å². The van der Waals surface area contributed by atoms with Crippen LogP contribution in [0.25, 0.3) is 22.0 Å². The van der Waals surface area contributed by atoms with E-state index in [4.69, 9.17) is 0 Å². The highest BCUT2D eigenvalue weighted by Crippen LogP contribution is 2.43. The number of hydrogen-bond donors (Lipinski definition) is 2. The zero-order chi connectivity index (χ0) is 20.8. The molecule has 29 heavy (non-hydrogen) atoms. The van der Waals surface area contributed by atoms with Crippen LogP contribution in [-0.2, 0) is 10.0 Å². The van der Waals surface area contributed by atoms with E-state index in [0.717, 1.165) is 16.5 Å². The van der Waals surface area contributed by atoms with Gasteiger partial charge in [-0.2, -0.15) is 0 Å². The first kappa shape index (κ1) is 19.4. The van der Waals surface area contributed by atoms with Crippen molar-refractivity contribution in [1.29, 1.82) is 0 Å². The highest BCUT2D eigenvalue weighted by molar-refractivity contribution is 7.93. The summed E-state index contributed by atoms with van der Waals surface area (Å²) in [5.74, 6) is -0.234. The molecule has 2 N–H and O–H groups in total. The largest absolute Gasteiger partial charge is 0.351 e. The zero-order valence-electron chi connectivity index (χ0n) is 16.5. The third-order valence-electron chi connectivity index (χ3n) is 5.00. The van der Waals surface area contributed by atoms with E-state index < -0.39 is 10.0 Å². The number of carbonyl (C=O) groups excluding carboxylic acids is 1. The summed E-state index contributed by atoms with van der Waals surface area (Å²) in [5.41, 5.74) is 3.68. The molecule has 8 heteroatoms. The maximum absolute atomic E-state index is 12.8. The predicted octanol–water partition coefficient (Wildman–Crippen LogP) is 2.62. The maximum Gasteiger partial charge on any atom is 0.262 e. The van der Waals surface area contributed by atoms with Crippen molar-refractivity contribution in [2.75, 3.05) is 31.9 Å². The lowest BCUT2D eigenvalue weighted by Gasteiger charge is -2.24. The number of fused-ring (bicyclic) bond motifs is 5. The second-order valence-electron chi connectivity index (χ2n) is 7.39. The number of likely N-dealkylation sites (N-methyl/N-ethyl adjacent to an activating group) is 1. The molecule has 1 aliphatic rings. The van der Waals surface area contributed by atoms with Gasteiger partial charge in [0.25, 0.3) is 15.9 Å². The third-order valence-corrected chi connectivity index (χ3v) is 6.41. The van der Waals surface area contributed by atoms with Crippen LogP contribution in [0, 0.1) is 6.92 Å². The molecule has 1 aliphatic heterocycles. The number of sulfonamides is 1. The number of aryl methyl sites for hydroxylation is 1. The van der Waals surface area contributed by atoms with Crippen LogP contribution in [0.5, 0.6) is 0 Å². The fourth-order valence-electron chi connectivity index (χ4n) is 3.53. The average Bonchev–Trinajstić information content (AvgIpc) is 2.68. The van der Waals surface area contributed by atoms with Crippen LogP contribution in [-0.4, -0.2) is 51.4 Å². The Morgan fingerprint density at radius 3 is 2.72 bits per heavy atom. The molecule has 4 rings (SSSR count). The van der Waals surface area contributed by atoms with Crippen molar-refractivity contribution in [2.45, 2.75) is 11.8 Å². The number of anilines is 1. The van der Waals surface area contributed by atoms with Gasteiger partial charge in [-0.15, -0.1) is 0 Å². The lowest BCUT2D eigenvalue weighted by molar-refractivity contribution is 0.0951. The van der Waals surface area contributed by atoms with Gasteiger partial charge < -0.3 is 10.2 Å². The predicted molar refractivity (Wildman–Crippen MR) is 114 cm³/mol. The SMILES string of the molecule is Cc1cc2c(c3ncccc13)NS(=O)(=O)c1ccc(C(=O)NCCN(C)C)cc1-2. The second kappa shape index (κ2) is 7.13. The first-order chi connectivity index (χ1) is 13.8. The molecule has 150 valence electrons. The van der Waals surface area contributed by atoms with Gasteiger partial charge in [-0.25, -0.2) is 8.42 Å². The van der Waals surface area contributed by atoms with E-state index in [1.54, 1.807) is 18.3 Å². The van der Waals surface area contributed by atoms with E-state index in [1.165, 1.54) is 6.07 Å². The number of carbonyl (C=O) groups is 1. The first-order valence-corrected chi connectivity index (χ1v) is 10.7. The highest BCUT2D eigenvalue weighted by atomic mass is 32.2. The van der Waals surface area contributed by atoms with Gasteiger partial charge in [-0.3, -0.25) is 14.5 Å². The average molecular weight is 410 g/mol. The normalized spacial score (nSPS) is 14.2. The van der Waals surface area contributed by atoms with Gasteiger partial charge in [0.1, 0.15) is 0 Å². The van der Waals surface area contributed by atoms with Crippen LogP contribution in [0.3, 0.4) is 0 Å². The van der Waals surface area contributed by atoms with Crippen LogP contribution < -0.4 is 10.0 Å². The molecule has 2 aromatic carbocycles. The third kappa shape index (κ3) is 3.45. The minimum atomic E-state index is -3.76. The molecule has 1 amide bonds. The number of benzene rings is 2. The quantitative estimate of drug-likeness (QED) is 0.690. The summed E-state index contributed by atoms with van der Waals surface area (Å²) in [6.45, 7) is 3.19. The van der Waals surface area contributed by atoms with Crippen molar-refractivity contribution in [3.63, 3.8) is 0 Å². The Bertz CT molecular complexity index is 1240. The number of aromatic nitrogens is 1. The van der Waals surface area contributed by atoms with Crippen molar-refractivity contribution < 1.29 is 13.2 Å². The minimum Gasteiger partial charge on any atom is -0.351 e. The second-order valence-corrected chi connectivity index (χ2v) is 9.04. The molecule has 0 radical (unpaired) electrons. The Morgan fingerprint density at radius 2 is 1.97 bits per heavy atom. The molecule has 0 saturated heterocycles. The lowest BCUT2D eigenvalue weighted by Crippen LogP contribution is -2.31. The number of pyridine rings is 1. The summed E-state index contributed by atoms with van der Waals surface area (Å²) in [6, 6.07) is 10.3. The number of hydrogen-bond acceptors (Lipinski definition) is 5. The number of nitrogens with one attached hydrogen (secondary N) is 2. The molecule has 0 fully saturated rings. The van der Waals surface area contributed by atoms with Gasteiger partial charge in [-0.05, 0) is 56.9 Å². The molecular formula is C21H22N4O3S. The van der Waals surface area contributed by atoms with Crippen molar-refractivity contribution in [1.82, 2.24) is 15.2 Å². The molecule has 7 nitrogen and oxygen atoms in total. The van der Waals surface area contributed by atoms with Crippen LogP contribution >= 0.6 is 0 Å². The summed E-state index contributed by atoms with van der Waals surface area (Å²) >= 11 is 0. The monoisotopic (exact) mass is 410 g/mol. The molecule has 0 spiro atoms. The summed E-state index contributed by atoms with van der Waals surface area (Å²) in [4.78, 5) is 19.1. The number of amides is 1. The van der Waals surface area contributed by atoms with Crippen LogP contribution in [0.4, 0.5) is 5.69 Å². The topological polar surface area (TPSA) is 91.4 Å². The summed E-state index contributed by atoms with van der Waals surface area (Å²) in [5, 5.41) is 3.75. The Hall–Kier alpha value is -2.97. The van der Waals surface area contributed by atoms with E-state index in [0.29, 0.717) is 35.4 Å². The zero-order valence-corrected chi connectivity index (χ0v) is 17.3. The van der Waals surface area contributed by atoms with E-state index in [2.05, 4.69) is 15.0 Å². The fraction of sp³-hybridized carbons (Fsp3) is 0.238. The van der Waals surface area contributed by atoms with Gasteiger partial charge >= 0.3 is 0 Å². The van der Waals surface area contributed by atoms with Gasteiger partial charge in [0.15, 0.2) is 0 Å². The summed E-state index contributed by atoms with van der Waals surface area (Å²) in [6.07, 6.45) is 1.64. The highest BCUT2D eigenvalue weighted by Gasteiger charge is 2.30. The molecular weight excluding hydrogens is 388 g/mol. The molecule has 3 aromatic rings. The van der Waals surface area contributed by atoms with Crippen LogP contribution in [0.15, 0.2) is 47.5 Å². The Balaban J connectivity index is 1.85. The van der Waals surface area contributed by atoms with E-state index in [-0.39, 0.29) is 10.8 Å². The molecule has 0 atom stereocenters. The van der Waals surface area contributed by atoms with Crippen LogP contribution in [0.2, 0.25) is 0 Å². The van der Waals surface area contributed by atoms with Crippen molar-refractivity contribution >= 4 is 32.5 Å². The molecule has 0 unspecified atom stereocenters. The maximum atomic E-state index is 12.8. The van der Waals surface area contributed by atoms with Gasteiger partial charge in [0, 0.05) is 41.4 Å². The number of rotatable bonds is 4. The van der Waals surface area contributed by atoms with Crippen molar-refractivity contribution in [2.24, 2.45) is 0 Å². The Labute approximate surface area is 169 Å². The van der Waals surface area contributed by atoms with E-state index in [9.17, 15) is 13.2 Å². The lowest BCUT2D eigenvalue weighted by atomic mass is 9.96. The van der Waals surface area contributed by atoms with Crippen molar-refractivity contribution in [3.05, 3.63) is 53.7 Å². The van der Waals surface area contributed by atoms with Crippen molar-refractivity contribution in [3.8, 4) is 11.1 Å². The minimum absolute atomic E-state index is 0.157. The standard InChI is InChI=1S/C21H22N4O3S/c1-13-11-17-16-12-14(21(26)23-9-10-25(2)3)6-7-18(16)29(27,28)24-20(17)19-15(13)5-4-8-22-19/h4-8,11-12,24H,9-10H2,1-3H3,(H,23,26). The Morgan fingerprint density at radius 1 is 1.17 bits per heavy atom. The van der Waals surface area contributed by atoms with Gasteiger partial charge in [-0.1, -0.05) is 6.07 Å². The van der Waals surface area contributed by atoms with Crippen LogP contribution in [0.1, 0.15) is 15.9 Å². The summed E-state index contributed by atoms with van der Waals surface area (Å²) < 4.78 is 28.4.